The first-order valence-corrected chi connectivity index (χ1v) is 9.11. The second-order valence-corrected chi connectivity index (χ2v) is 6.94. The summed E-state index contributed by atoms with van der Waals surface area (Å²) in [6, 6.07) is 0. The lowest BCUT2D eigenvalue weighted by atomic mass is 10.0. The minimum absolute atomic E-state index is 0.0927. The van der Waals surface area contributed by atoms with E-state index in [0.29, 0.717) is 18.4 Å². The Kier molecular flexibility index (Phi) is 12.1. The van der Waals surface area contributed by atoms with Gasteiger partial charge in [-0.15, -0.1) is 0 Å². The molecule has 0 spiro atoms. The number of carbonyl (C=O) groups is 1. The van der Waals surface area contributed by atoms with E-state index in [1.54, 1.807) is 6.92 Å². The van der Waals surface area contributed by atoms with Crippen molar-refractivity contribution in [2.45, 2.75) is 39.7 Å². The molecule has 0 saturated carbocycles. The Balaban J connectivity index is 4.70. The molecule has 1 atom stereocenters. The molecule has 9 nitrogen and oxygen atoms in total. The highest BCUT2D eigenvalue weighted by Crippen LogP contribution is 2.22. The van der Waals surface area contributed by atoms with E-state index >= 15 is 0 Å². The molecule has 0 aromatic rings. The SMILES string of the molecule is C=C(C)C(=O)OCCCC(O[Si](OOC)(OOC)OOC)C(C)C. The molecule has 0 N–H and O–H groups in total. The zero-order valence-corrected chi connectivity index (χ0v) is 16.2. The van der Waals surface area contributed by atoms with E-state index in [-0.39, 0.29) is 18.6 Å². The average molecular weight is 368 g/mol. The molecule has 0 rings (SSSR count). The van der Waals surface area contributed by atoms with Crippen molar-refractivity contribution in [2.24, 2.45) is 5.92 Å². The average Bonchev–Trinajstić information content (AvgIpc) is 2.50. The number of hydrogen-bond donors (Lipinski definition) is 0. The van der Waals surface area contributed by atoms with E-state index < -0.39 is 15.0 Å². The highest BCUT2D eigenvalue weighted by Gasteiger charge is 2.54. The van der Waals surface area contributed by atoms with Crippen molar-refractivity contribution < 1.29 is 42.4 Å². The molecule has 0 aliphatic rings. The monoisotopic (exact) mass is 368 g/mol. The number of hydrogen-bond acceptors (Lipinski definition) is 9. The van der Waals surface area contributed by atoms with Crippen LogP contribution in [-0.2, 0) is 42.4 Å². The third kappa shape index (κ3) is 8.85. The van der Waals surface area contributed by atoms with Crippen molar-refractivity contribution in [1.82, 2.24) is 0 Å². The van der Waals surface area contributed by atoms with Crippen LogP contribution in [0, 0.1) is 5.92 Å². The molecule has 0 radical (unpaired) electrons. The summed E-state index contributed by atoms with van der Waals surface area (Å²) in [5.41, 5.74) is 0.355. The molecule has 0 heterocycles. The molecule has 0 aromatic heterocycles. The Morgan fingerprint density at radius 2 is 1.54 bits per heavy atom. The van der Waals surface area contributed by atoms with Crippen LogP contribution in [0.4, 0.5) is 0 Å². The molecule has 0 bridgehead atoms. The van der Waals surface area contributed by atoms with E-state index in [1.807, 2.05) is 13.8 Å². The Hall–Kier alpha value is -0.853. The van der Waals surface area contributed by atoms with Crippen molar-refractivity contribution in [3.63, 3.8) is 0 Å². The van der Waals surface area contributed by atoms with Crippen molar-refractivity contribution in [1.29, 1.82) is 0 Å². The smallest absolute Gasteiger partial charge is 0.462 e. The Bertz CT molecular complexity index is 358. The topological polar surface area (TPSA) is 90.9 Å². The lowest BCUT2D eigenvalue weighted by Crippen LogP contribution is -2.51. The summed E-state index contributed by atoms with van der Waals surface area (Å²) in [6.07, 6.45) is 0.795. The second-order valence-electron chi connectivity index (χ2n) is 5.21. The van der Waals surface area contributed by atoms with Gasteiger partial charge in [-0.05, 0) is 25.7 Å². The highest BCUT2D eigenvalue weighted by molar-refractivity contribution is 6.52. The Morgan fingerprint density at radius 3 is 1.92 bits per heavy atom. The number of carbonyl (C=O) groups excluding carboxylic acids is 1. The second kappa shape index (κ2) is 12.5. The Labute approximate surface area is 144 Å². The van der Waals surface area contributed by atoms with Gasteiger partial charge in [-0.25, -0.2) is 19.5 Å². The van der Waals surface area contributed by atoms with Gasteiger partial charge >= 0.3 is 15.0 Å². The van der Waals surface area contributed by atoms with Gasteiger partial charge in [0.05, 0.1) is 34.0 Å². The maximum absolute atomic E-state index is 11.3. The number of rotatable bonds is 14. The fraction of sp³-hybridized carbons (Fsp3) is 0.786. The highest BCUT2D eigenvalue weighted by atomic mass is 28.4. The van der Waals surface area contributed by atoms with Gasteiger partial charge in [0.1, 0.15) is 0 Å². The number of ether oxygens (including phenoxy) is 1. The van der Waals surface area contributed by atoms with Crippen molar-refractivity contribution in [3.8, 4) is 0 Å². The van der Waals surface area contributed by atoms with E-state index in [2.05, 4.69) is 21.2 Å². The van der Waals surface area contributed by atoms with Crippen molar-refractivity contribution >= 4 is 15.0 Å². The fourth-order valence-corrected chi connectivity index (χ4v) is 3.27. The van der Waals surface area contributed by atoms with Crippen molar-refractivity contribution in [2.75, 3.05) is 27.9 Å². The minimum Gasteiger partial charge on any atom is -0.462 e. The first-order valence-electron chi connectivity index (χ1n) is 7.47. The molecule has 24 heavy (non-hydrogen) atoms. The normalized spacial score (nSPS) is 13.1. The summed E-state index contributed by atoms with van der Waals surface area (Å²) in [6.45, 7) is 9.27. The molecular formula is C14H28O9Si. The van der Waals surface area contributed by atoms with Gasteiger partial charge in [0.15, 0.2) is 0 Å². The van der Waals surface area contributed by atoms with Gasteiger partial charge in [-0.2, -0.15) is 13.7 Å². The van der Waals surface area contributed by atoms with Crippen LogP contribution in [0.1, 0.15) is 33.6 Å². The molecule has 0 saturated heterocycles. The molecule has 1 unspecified atom stereocenters. The first kappa shape index (κ1) is 23.1. The number of esters is 1. The molecule has 10 heteroatoms. The molecule has 0 aromatic carbocycles. The largest absolute Gasteiger partial charge is 0.764 e. The quantitative estimate of drug-likeness (QED) is 0.114. The van der Waals surface area contributed by atoms with Gasteiger partial charge in [0, 0.05) is 5.57 Å². The van der Waals surface area contributed by atoms with E-state index in [9.17, 15) is 4.79 Å². The standard InChI is InChI=1S/C14H28O9Si/c1-11(2)13(9-8-10-19-14(15)12(3)4)20-24(21-16-5,22-17-6)23-18-7/h11,13H,3,8-10H2,1-2,4-7H3. The van der Waals surface area contributed by atoms with Crippen LogP contribution >= 0.6 is 0 Å². The molecule has 0 amide bonds. The van der Waals surface area contributed by atoms with Crippen molar-refractivity contribution in [3.05, 3.63) is 12.2 Å². The molecular weight excluding hydrogens is 340 g/mol. The summed E-state index contributed by atoms with van der Waals surface area (Å²) in [7, 11) is 0.0372. The maximum atomic E-state index is 11.3. The summed E-state index contributed by atoms with van der Waals surface area (Å²) in [5, 5.41) is 0. The van der Waals surface area contributed by atoms with Crippen LogP contribution in [-0.4, -0.2) is 49.1 Å². The van der Waals surface area contributed by atoms with Gasteiger partial charge in [-0.1, -0.05) is 20.4 Å². The third-order valence-corrected chi connectivity index (χ3v) is 4.51. The summed E-state index contributed by atoms with van der Waals surface area (Å²) < 4.78 is 25.8. The van der Waals surface area contributed by atoms with Crippen LogP contribution in [0.25, 0.3) is 0 Å². The molecule has 142 valence electrons. The zero-order valence-electron chi connectivity index (χ0n) is 15.2. The van der Waals surface area contributed by atoms with E-state index in [0.717, 1.165) is 0 Å². The molecule has 0 fully saturated rings. The molecule has 0 aliphatic carbocycles. The van der Waals surface area contributed by atoms with Gasteiger partial charge < -0.3 is 9.16 Å². The van der Waals surface area contributed by atoms with E-state index in [4.69, 9.17) is 22.9 Å². The fourth-order valence-electron chi connectivity index (χ4n) is 1.69. The van der Waals surface area contributed by atoms with Gasteiger partial charge in [0.2, 0.25) is 0 Å². The van der Waals surface area contributed by atoms with Crippen LogP contribution < -0.4 is 0 Å². The van der Waals surface area contributed by atoms with Gasteiger partial charge in [-0.3, -0.25) is 0 Å². The van der Waals surface area contributed by atoms with E-state index in [1.165, 1.54) is 21.3 Å². The van der Waals surface area contributed by atoms with Crippen LogP contribution in [0.5, 0.6) is 0 Å². The lowest BCUT2D eigenvalue weighted by molar-refractivity contribution is -0.374. The van der Waals surface area contributed by atoms with Gasteiger partial charge in [0.25, 0.3) is 0 Å². The van der Waals surface area contributed by atoms with Crippen LogP contribution in [0.15, 0.2) is 12.2 Å². The third-order valence-electron chi connectivity index (χ3n) is 2.81. The predicted molar refractivity (Wildman–Crippen MR) is 84.8 cm³/mol. The Morgan fingerprint density at radius 1 is 1.04 bits per heavy atom. The zero-order chi connectivity index (χ0) is 18.6. The summed E-state index contributed by atoms with van der Waals surface area (Å²) >= 11 is 0. The summed E-state index contributed by atoms with van der Waals surface area (Å²) in [4.78, 5) is 25.2. The lowest BCUT2D eigenvalue weighted by Gasteiger charge is -2.29. The van der Waals surface area contributed by atoms with Crippen LogP contribution in [0.2, 0.25) is 0 Å². The maximum Gasteiger partial charge on any atom is 0.764 e. The summed E-state index contributed by atoms with van der Waals surface area (Å²) in [5.74, 6) is -0.330. The van der Waals surface area contributed by atoms with Crippen LogP contribution in [0.3, 0.4) is 0 Å². The minimum atomic E-state index is -3.81. The predicted octanol–water partition coefficient (Wildman–Crippen LogP) is 2.10. The molecule has 0 aliphatic heterocycles. The first-order chi connectivity index (χ1) is 11.3.